The molecular formula is C12H18N2O2. The Hall–Kier alpha value is -1.58. The molecule has 0 unspecified atom stereocenters. The molecule has 0 saturated carbocycles. The lowest BCUT2D eigenvalue weighted by Crippen LogP contribution is -2.47. The summed E-state index contributed by atoms with van der Waals surface area (Å²) in [6.07, 6.45) is 1.69. The van der Waals surface area contributed by atoms with E-state index in [1.54, 1.807) is 6.20 Å². The van der Waals surface area contributed by atoms with Gasteiger partial charge in [0.25, 0.3) is 0 Å². The third-order valence-corrected chi connectivity index (χ3v) is 2.05. The molecule has 1 aromatic rings. The van der Waals surface area contributed by atoms with Crippen molar-refractivity contribution >= 4 is 5.91 Å². The minimum atomic E-state index is -0.393. The van der Waals surface area contributed by atoms with Crippen molar-refractivity contribution in [2.75, 3.05) is 6.61 Å². The second kappa shape index (κ2) is 4.96. The van der Waals surface area contributed by atoms with Gasteiger partial charge in [-0.05, 0) is 26.8 Å². The molecule has 0 atom stereocenters. The third kappa shape index (κ3) is 3.88. The van der Waals surface area contributed by atoms with Gasteiger partial charge >= 0.3 is 0 Å². The Bertz CT molecular complexity index is 375. The summed E-state index contributed by atoms with van der Waals surface area (Å²) in [4.78, 5) is 15.1. The Morgan fingerprint density at radius 3 is 2.81 bits per heavy atom. The van der Waals surface area contributed by atoms with Gasteiger partial charge in [-0.25, -0.2) is 4.98 Å². The maximum atomic E-state index is 11.0. The summed E-state index contributed by atoms with van der Waals surface area (Å²) in [5.41, 5.74) is 0.594. The van der Waals surface area contributed by atoms with E-state index >= 15 is 0 Å². The lowest BCUT2D eigenvalue weighted by atomic mass is 10.1. The highest BCUT2D eigenvalue weighted by atomic mass is 16.5. The SMILES string of the molecule is CC(=O)NC(C)(C)COc1ncccc1C. The molecule has 0 aliphatic rings. The minimum Gasteiger partial charge on any atom is -0.475 e. The monoisotopic (exact) mass is 222 g/mol. The van der Waals surface area contributed by atoms with E-state index in [1.807, 2.05) is 32.9 Å². The van der Waals surface area contributed by atoms with Crippen LogP contribution in [0.3, 0.4) is 0 Å². The molecule has 0 fully saturated rings. The van der Waals surface area contributed by atoms with Crippen LogP contribution in [0.25, 0.3) is 0 Å². The molecule has 0 aromatic carbocycles. The molecule has 0 spiro atoms. The number of nitrogens with zero attached hydrogens (tertiary/aromatic N) is 1. The highest BCUT2D eigenvalue weighted by molar-refractivity contribution is 5.73. The van der Waals surface area contributed by atoms with Crippen molar-refractivity contribution in [1.29, 1.82) is 0 Å². The number of carbonyl (C=O) groups is 1. The van der Waals surface area contributed by atoms with Crippen molar-refractivity contribution < 1.29 is 9.53 Å². The van der Waals surface area contributed by atoms with Crippen molar-refractivity contribution in [1.82, 2.24) is 10.3 Å². The zero-order valence-electron chi connectivity index (χ0n) is 10.2. The molecule has 1 heterocycles. The van der Waals surface area contributed by atoms with Crippen molar-refractivity contribution in [2.45, 2.75) is 33.2 Å². The maximum absolute atomic E-state index is 11.0. The summed E-state index contributed by atoms with van der Waals surface area (Å²) in [6.45, 7) is 7.64. The van der Waals surface area contributed by atoms with Crippen LogP contribution in [0.1, 0.15) is 26.3 Å². The smallest absolute Gasteiger partial charge is 0.217 e. The number of carbonyl (C=O) groups excluding carboxylic acids is 1. The molecule has 16 heavy (non-hydrogen) atoms. The van der Waals surface area contributed by atoms with Crippen molar-refractivity contribution in [3.63, 3.8) is 0 Å². The van der Waals surface area contributed by atoms with Gasteiger partial charge in [-0.15, -0.1) is 0 Å². The molecule has 88 valence electrons. The van der Waals surface area contributed by atoms with Gasteiger partial charge in [0, 0.05) is 18.7 Å². The van der Waals surface area contributed by atoms with Gasteiger partial charge in [-0.3, -0.25) is 4.79 Å². The summed E-state index contributed by atoms with van der Waals surface area (Å²) < 4.78 is 5.58. The zero-order chi connectivity index (χ0) is 12.2. The zero-order valence-corrected chi connectivity index (χ0v) is 10.2. The Morgan fingerprint density at radius 2 is 2.25 bits per heavy atom. The molecule has 0 aliphatic heterocycles. The first-order valence-electron chi connectivity index (χ1n) is 5.24. The van der Waals surface area contributed by atoms with Gasteiger partial charge in [-0.2, -0.15) is 0 Å². The Morgan fingerprint density at radius 1 is 1.56 bits per heavy atom. The van der Waals surface area contributed by atoms with E-state index in [1.165, 1.54) is 6.92 Å². The molecule has 1 aromatic heterocycles. The fourth-order valence-electron chi connectivity index (χ4n) is 1.38. The molecule has 1 rings (SSSR count). The van der Waals surface area contributed by atoms with E-state index in [4.69, 9.17) is 4.74 Å². The van der Waals surface area contributed by atoms with Crippen LogP contribution < -0.4 is 10.1 Å². The molecule has 0 radical (unpaired) electrons. The second-order valence-corrected chi connectivity index (χ2v) is 4.48. The molecule has 4 heteroatoms. The number of hydrogen-bond acceptors (Lipinski definition) is 3. The highest BCUT2D eigenvalue weighted by Crippen LogP contribution is 2.14. The fraction of sp³-hybridized carbons (Fsp3) is 0.500. The van der Waals surface area contributed by atoms with Gasteiger partial charge in [0.15, 0.2) is 0 Å². The first-order chi connectivity index (χ1) is 7.41. The Balaban J connectivity index is 2.57. The number of hydrogen-bond donors (Lipinski definition) is 1. The van der Waals surface area contributed by atoms with Gasteiger partial charge in [-0.1, -0.05) is 6.07 Å². The van der Waals surface area contributed by atoms with E-state index in [2.05, 4.69) is 10.3 Å². The summed E-state index contributed by atoms with van der Waals surface area (Å²) in [5, 5.41) is 2.82. The number of aromatic nitrogens is 1. The van der Waals surface area contributed by atoms with E-state index < -0.39 is 5.54 Å². The van der Waals surface area contributed by atoms with Crippen molar-refractivity contribution in [3.8, 4) is 5.88 Å². The number of pyridine rings is 1. The number of aryl methyl sites for hydroxylation is 1. The third-order valence-electron chi connectivity index (χ3n) is 2.05. The first kappa shape index (κ1) is 12.5. The van der Waals surface area contributed by atoms with Crippen LogP contribution in [0.4, 0.5) is 0 Å². The number of ether oxygens (including phenoxy) is 1. The van der Waals surface area contributed by atoms with Gasteiger partial charge in [0.05, 0.1) is 5.54 Å². The van der Waals surface area contributed by atoms with Crippen LogP contribution in [-0.4, -0.2) is 23.0 Å². The average Bonchev–Trinajstić information content (AvgIpc) is 2.14. The predicted octanol–water partition coefficient (Wildman–Crippen LogP) is 1.68. The second-order valence-electron chi connectivity index (χ2n) is 4.48. The number of rotatable bonds is 4. The molecule has 1 amide bonds. The summed E-state index contributed by atoms with van der Waals surface area (Å²) >= 11 is 0. The minimum absolute atomic E-state index is 0.0636. The average molecular weight is 222 g/mol. The van der Waals surface area contributed by atoms with E-state index in [-0.39, 0.29) is 5.91 Å². The van der Waals surface area contributed by atoms with Crippen molar-refractivity contribution in [3.05, 3.63) is 23.9 Å². The predicted molar refractivity (Wildman–Crippen MR) is 62.4 cm³/mol. The first-order valence-corrected chi connectivity index (χ1v) is 5.24. The largest absolute Gasteiger partial charge is 0.475 e. The summed E-state index contributed by atoms with van der Waals surface area (Å²) in [6, 6.07) is 3.80. The molecule has 1 N–H and O–H groups in total. The quantitative estimate of drug-likeness (QED) is 0.843. The fourth-order valence-corrected chi connectivity index (χ4v) is 1.38. The van der Waals surface area contributed by atoms with Gasteiger partial charge in [0.2, 0.25) is 11.8 Å². The molecule has 4 nitrogen and oxygen atoms in total. The summed E-state index contributed by atoms with van der Waals surface area (Å²) in [7, 11) is 0. The van der Waals surface area contributed by atoms with E-state index in [9.17, 15) is 4.79 Å². The normalized spacial score (nSPS) is 11.0. The van der Waals surface area contributed by atoms with Crippen LogP contribution in [0.2, 0.25) is 0 Å². The summed E-state index contributed by atoms with van der Waals surface area (Å²) in [5.74, 6) is 0.548. The van der Waals surface area contributed by atoms with Crippen LogP contribution in [0.5, 0.6) is 5.88 Å². The number of nitrogens with one attached hydrogen (secondary N) is 1. The van der Waals surface area contributed by atoms with Crippen LogP contribution in [0, 0.1) is 6.92 Å². The van der Waals surface area contributed by atoms with Crippen LogP contribution in [0.15, 0.2) is 18.3 Å². The van der Waals surface area contributed by atoms with Crippen LogP contribution >= 0.6 is 0 Å². The maximum Gasteiger partial charge on any atom is 0.217 e. The van der Waals surface area contributed by atoms with Crippen LogP contribution in [-0.2, 0) is 4.79 Å². The van der Waals surface area contributed by atoms with Crippen molar-refractivity contribution in [2.24, 2.45) is 0 Å². The standard InChI is InChI=1S/C12H18N2O2/c1-9-6-5-7-13-11(9)16-8-12(3,4)14-10(2)15/h5-7H,8H2,1-4H3,(H,14,15). The molecule has 0 aliphatic carbocycles. The number of amides is 1. The van der Waals surface area contributed by atoms with Gasteiger partial charge < -0.3 is 10.1 Å². The Labute approximate surface area is 96.0 Å². The van der Waals surface area contributed by atoms with E-state index in [0.29, 0.717) is 12.5 Å². The van der Waals surface area contributed by atoms with E-state index in [0.717, 1.165) is 5.56 Å². The van der Waals surface area contributed by atoms with Gasteiger partial charge in [0.1, 0.15) is 6.61 Å². The topological polar surface area (TPSA) is 51.2 Å². The lowest BCUT2D eigenvalue weighted by molar-refractivity contribution is -0.120. The Kier molecular flexibility index (Phi) is 3.88. The highest BCUT2D eigenvalue weighted by Gasteiger charge is 2.20. The lowest BCUT2D eigenvalue weighted by Gasteiger charge is -2.25. The molecule has 0 saturated heterocycles. The molecular weight excluding hydrogens is 204 g/mol. The molecule has 0 bridgehead atoms.